The summed E-state index contributed by atoms with van der Waals surface area (Å²) in [7, 11) is 0. The first-order valence-electron chi connectivity index (χ1n) is 5.54. The molecule has 1 N–H and O–H groups in total. The summed E-state index contributed by atoms with van der Waals surface area (Å²) in [5, 5.41) is 8.69. The van der Waals surface area contributed by atoms with Gasteiger partial charge in [-0.05, 0) is 12.8 Å². The molecule has 0 saturated heterocycles. The van der Waals surface area contributed by atoms with Crippen LogP contribution >= 0.6 is 0 Å². The quantitative estimate of drug-likeness (QED) is 0.632. The Bertz CT molecular complexity index is 228. The molecule has 0 heterocycles. The summed E-state index contributed by atoms with van der Waals surface area (Å²) in [6.07, 6.45) is 0.244. The van der Waals surface area contributed by atoms with E-state index < -0.39 is 5.97 Å². The zero-order valence-electron chi connectivity index (χ0n) is 10.2. The fourth-order valence-corrected chi connectivity index (χ4v) is 1.32. The van der Waals surface area contributed by atoms with Crippen molar-refractivity contribution in [3.05, 3.63) is 0 Å². The maximum Gasteiger partial charge on any atom is 0.323 e. The van der Waals surface area contributed by atoms with Crippen LogP contribution in [-0.2, 0) is 14.3 Å². The van der Waals surface area contributed by atoms with E-state index in [2.05, 4.69) is 0 Å². The van der Waals surface area contributed by atoms with E-state index in [0.717, 1.165) is 0 Å². The van der Waals surface area contributed by atoms with E-state index in [4.69, 9.17) is 9.84 Å². The molecular formula is C11H21NO4. The summed E-state index contributed by atoms with van der Waals surface area (Å²) >= 11 is 0. The summed E-state index contributed by atoms with van der Waals surface area (Å²) in [6.45, 7) is 6.91. The van der Waals surface area contributed by atoms with Gasteiger partial charge in [0.25, 0.3) is 0 Å². The Labute approximate surface area is 96.4 Å². The molecule has 0 aromatic carbocycles. The highest BCUT2D eigenvalue weighted by Crippen LogP contribution is 2.01. The number of hydrogen-bond acceptors (Lipinski definition) is 3. The minimum Gasteiger partial charge on any atom is -0.480 e. The number of rotatable bonds is 8. The smallest absolute Gasteiger partial charge is 0.323 e. The average molecular weight is 231 g/mol. The highest BCUT2D eigenvalue weighted by Gasteiger charge is 2.17. The highest BCUT2D eigenvalue weighted by molar-refractivity contribution is 5.81. The number of amides is 1. The molecule has 16 heavy (non-hydrogen) atoms. The number of carbonyl (C=O) groups is 2. The topological polar surface area (TPSA) is 66.8 Å². The first-order valence-corrected chi connectivity index (χ1v) is 5.54. The van der Waals surface area contributed by atoms with Crippen molar-refractivity contribution in [2.45, 2.75) is 27.2 Å². The molecule has 1 amide bonds. The van der Waals surface area contributed by atoms with Crippen LogP contribution in [0.1, 0.15) is 27.2 Å². The van der Waals surface area contributed by atoms with Crippen molar-refractivity contribution in [3.8, 4) is 0 Å². The standard InChI is InChI=1S/C11H21NO4/c1-4-16-6-5-10(13)12(7-9(2)3)8-11(14)15/h9H,4-8H2,1-3H3,(H,14,15). The highest BCUT2D eigenvalue weighted by atomic mass is 16.5. The van der Waals surface area contributed by atoms with Gasteiger partial charge in [0, 0.05) is 13.2 Å². The Morgan fingerprint density at radius 1 is 1.38 bits per heavy atom. The predicted molar refractivity (Wildman–Crippen MR) is 60.2 cm³/mol. The molecule has 0 unspecified atom stereocenters. The molecule has 5 nitrogen and oxygen atoms in total. The van der Waals surface area contributed by atoms with E-state index in [-0.39, 0.29) is 24.8 Å². The molecule has 0 radical (unpaired) electrons. The van der Waals surface area contributed by atoms with Gasteiger partial charge in [-0.3, -0.25) is 9.59 Å². The van der Waals surface area contributed by atoms with Gasteiger partial charge in [-0.1, -0.05) is 13.8 Å². The minimum absolute atomic E-state index is 0.162. The van der Waals surface area contributed by atoms with Crippen LogP contribution in [0.15, 0.2) is 0 Å². The van der Waals surface area contributed by atoms with E-state index in [1.165, 1.54) is 4.90 Å². The van der Waals surface area contributed by atoms with Crippen LogP contribution in [0.2, 0.25) is 0 Å². The first kappa shape index (κ1) is 14.9. The van der Waals surface area contributed by atoms with Gasteiger partial charge in [-0.2, -0.15) is 0 Å². The van der Waals surface area contributed by atoms with Gasteiger partial charge in [0.2, 0.25) is 5.91 Å². The lowest BCUT2D eigenvalue weighted by molar-refractivity contribution is -0.145. The number of hydrogen-bond donors (Lipinski definition) is 1. The number of ether oxygens (including phenoxy) is 1. The van der Waals surface area contributed by atoms with Crippen molar-refractivity contribution in [2.24, 2.45) is 5.92 Å². The van der Waals surface area contributed by atoms with Crippen LogP contribution in [0.5, 0.6) is 0 Å². The average Bonchev–Trinajstić information content (AvgIpc) is 2.15. The Hall–Kier alpha value is -1.10. The van der Waals surface area contributed by atoms with Crippen LogP contribution in [0, 0.1) is 5.92 Å². The van der Waals surface area contributed by atoms with Crippen LogP contribution < -0.4 is 0 Å². The molecule has 0 fully saturated rings. The van der Waals surface area contributed by atoms with Crippen molar-refractivity contribution >= 4 is 11.9 Å². The molecule has 0 saturated carbocycles. The maximum atomic E-state index is 11.7. The van der Waals surface area contributed by atoms with Crippen LogP contribution in [0.25, 0.3) is 0 Å². The van der Waals surface area contributed by atoms with Gasteiger partial charge in [-0.15, -0.1) is 0 Å². The Morgan fingerprint density at radius 3 is 2.44 bits per heavy atom. The van der Waals surface area contributed by atoms with E-state index >= 15 is 0 Å². The van der Waals surface area contributed by atoms with Crippen molar-refractivity contribution < 1.29 is 19.4 Å². The third-order valence-electron chi connectivity index (χ3n) is 1.93. The molecule has 0 bridgehead atoms. The van der Waals surface area contributed by atoms with E-state index in [1.54, 1.807) is 0 Å². The van der Waals surface area contributed by atoms with Crippen LogP contribution in [0.3, 0.4) is 0 Å². The zero-order valence-corrected chi connectivity index (χ0v) is 10.2. The zero-order chi connectivity index (χ0) is 12.6. The molecule has 0 aliphatic carbocycles. The molecule has 0 aliphatic heterocycles. The number of carboxylic acids is 1. The molecule has 0 atom stereocenters. The predicted octanol–water partition coefficient (Wildman–Crippen LogP) is 0.982. The molecule has 0 aliphatic rings. The Morgan fingerprint density at radius 2 is 2.00 bits per heavy atom. The normalized spacial score (nSPS) is 10.5. The lowest BCUT2D eigenvalue weighted by Crippen LogP contribution is -2.38. The molecule has 5 heteroatoms. The van der Waals surface area contributed by atoms with E-state index in [9.17, 15) is 9.59 Å². The second-order valence-electron chi connectivity index (χ2n) is 4.01. The molecular weight excluding hydrogens is 210 g/mol. The Balaban J connectivity index is 4.15. The van der Waals surface area contributed by atoms with Crippen LogP contribution in [0.4, 0.5) is 0 Å². The third-order valence-corrected chi connectivity index (χ3v) is 1.93. The maximum absolute atomic E-state index is 11.7. The van der Waals surface area contributed by atoms with Gasteiger partial charge in [0.1, 0.15) is 6.54 Å². The SMILES string of the molecule is CCOCCC(=O)N(CC(=O)O)CC(C)C. The van der Waals surface area contributed by atoms with Gasteiger partial charge in [0.05, 0.1) is 13.0 Å². The summed E-state index contributed by atoms with van der Waals surface area (Å²) in [6, 6.07) is 0. The fourth-order valence-electron chi connectivity index (χ4n) is 1.32. The van der Waals surface area contributed by atoms with Gasteiger partial charge >= 0.3 is 5.97 Å². The molecule has 0 spiro atoms. The fraction of sp³-hybridized carbons (Fsp3) is 0.818. The number of aliphatic carboxylic acids is 1. The van der Waals surface area contributed by atoms with E-state index in [1.807, 2.05) is 20.8 Å². The Kier molecular flexibility index (Phi) is 7.54. The number of nitrogens with zero attached hydrogens (tertiary/aromatic N) is 1. The van der Waals surface area contributed by atoms with E-state index in [0.29, 0.717) is 19.8 Å². The number of carbonyl (C=O) groups excluding carboxylic acids is 1. The monoisotopic (exact) mass is 231 g/mol. The van der Waals surface area contributed by atoms with Crippen molar-refractivity contribution in [1.29, 1.82) is 0 Å². The van der Waals surface area contributed by atoms with Crippen molar-refractivity contribution in [1.82, 2.24) is 4.90 Å². The van der Waals surface area contributed by atoms with Gasteiger partial charge in [-0.25, -0.2) is 0 Å². The van der Waals surface area contributed by atoms with Crippen molar-refractivity contribution in [3.63, 3.8) is 0 Å². The third kappa shape index (κ3) is 7.23. The lowest BCUT2D eigenvalue weighted by atomic mass is 10.2. The molecule has 0 aromatic rings. The van der Waals surface area contributed by atoms with Gasteiger partial charge < -0.3 is 14.7 Å². The van der Waals surface area contributed by atoms with Gasteiger partial charge in [0.15, 0.2) is 0 Å². The molecule has 0 aromatic heterocycles. The largest absolute Gasteiger partial charge is 0.480 e. The second-order valence-corrected chi connectivity index (χ2v) is 4.01. The first-order chi connectivity index (χ1) is 7.47. The molecule has 0 rings (SSSR count). The minimum atomic E-state index is -0.981. The van der Waals surface area contributed by atoms with Crippen molar-refractivity contribution in [2.75, 3.05) is 26.3 Å². The summed E-state index contributed by atoms with van der Waals surface area (Å²) in [5.74, 6) is -0.884. The number of carboxylic acid groups (broad SMARTS) is 1. The second kappa shape index (κ2) is 8.10. The summed E-state index contributed by atoms with van der Waals surface area (Å²) in [5.41, 5.74) is 0. The summed E-state index contributed by atoms with van der Waals surface area (Å²) < 4.78 is 5.07. The summed E-state index contributed by atoms with van der Waals surface area (Å²) in [4.78, 5) is 23.6. The lowest BCUT2D eigenvalue weighted by Gasteiger charge is -2.22. The molecule has 94 valence electrons. The van der Waals surface area contributed by atoms with Crippen LogP contribution in [-0.4, -0.2) is 48.2 Å².